The SMILES string of the molecule is CC1=C(C)C(C)(c2c(C)cccc2C)C([SiH](c2cc(C)cc(C)c2)C2(C)C=CC=CC2)=C1C. The van der Waals surface area contributed by atoms with Crippen molar-refractivity contribution in [1.82, 2.24) is 0 Å². The van der Waals surface area contributed by atoms with E-state index in [0.29, 0.717) is 0 Å². The van der Waals surface area contributed by atoms with Crippen molar-refractivity contribution in [1.29, 1.82) is 0 Å². The molecule has 0 N–H and O–H groups in total. The predicted octanol–water partition coefficient (Wildman–Crippen LogP) is 7.79. The lowest BCUT2D eigenvalue weighted by atomic mass is 9.74. The second kappa shape index (κ2) is 8.44. The van der Waals surface area contributed by atoms with Gasteiger partial charge in [0, 0.05) is 5.41 Å². The van der Waals surface area contributed by atoms with Crippen LogP contribution < -0.4 is 5.19 Å². The van der Waals surface area contributed by atoms with Gasteiger partial charge >= 0.3 is 0 Å². The number of benzene rings is 2. The standard InChI is InChI=1S/C32H40Si/c1-21-18-22(2)20-28(19-21)33(31(8)16-11-10-12-17-31)30-26(6)25(5)27(7)32(30,9)29-23(3)14-13-15-24(29)4/h10-16,18-20,33H,17H2,1-9H3. The van der Waals surface area contributed by atoms with E-state index in [-0.39, 0.29) is 10.5 Å². The van der Waals surface area contributed by atoms with Gasteiger partial charge in [-0.25, -0.2) is 0 Å². The highest BCUT2D eigenvalue weighted by Crippen LogP contribution is 2.55. The maximum Gasteiger partial charge on any atom is 0.109 e. The summed E-state index contributed by atoms with van der Waals surface area (Å²) in [6, 6.07) is 14.1. The molecule has 1 heteroatoms. The summed E-state index contributed by atoms with van der Waals surface area (Å²) in [5.74, 6) is 0. The number of hydrogen-bond acceptors (Lipinski definition) is 0. The van der Waals surface area contributed by atoms with Gasteiger partial charge in [-0.3, -0.25) is 0 Å². The van der Waals surface area contributed by atoms with Crippen molar-refractivity contribution < 1.29 is 0 Å². The first-order valence-electron chi connectivity index (χ1n) is 12.4. The second-order valence-electron chi connectivity index (χ2n) is 11.0. The van der Waals surface area contributed by atoms with Gasteiger partial charge in [0.25, 0.3) is 0 Å². The van der Waals surface area contributed by atoms with Crippen LogP contribution in [-0.4, -0.2) is 8.80 Å². The molecule has 0 spiro atoms. The van der Waals surface area contributed by atoms with Gasteiger partial charge in [-0.2, -0.15) is 0 Å². The maximum atomic E-state index is 2.53. The van der Waals surface area contributed by atoms with Crippen LogP contribution in [0.25, 0.3) is 0 Å². The van der Waals surface area contributed by atoms with E-state index >= 15 is 0 Å². The molecule has 4 rings (SSSR count). The fourth-order valence-corrected chi connectivity index (χ4v) is 11.8. The molecule has 3 unspecified atom stereocenters. The Balaban J connectivity index is 2.07. The van der Waals surface area contributed by atoms with Crippen LogP contribution in [-0.2, 0) is 5.41 Å². The Labute approximate surface area is 203 Å². The van der Waals surface area contributed by atoms with Gasteiger partial charge in [-0.15, -0.1) is 0 Å². The zero-order chi connectivity index (χ0) is 24.1. The quantitative estimate of drug-likeness (QED) is 0.415. The smallest absolute Gasteiger partial charge is 0.0840 e. The lowest BCUT2D eigenvalue weighted by molar-refractivity contribution is 0.666. The minimum absolute atomic E-state index is 0.0594. The third-order valence-electron chi connectivity index (χ3n) is 8.61. The Morgan fingerprint density at radius 2 is 1.36 bits per heavy atom. The van der Waals surface area contributed by atoms with Crippen molar-refractivity contribution in [3.05, 3.63) is 110 Å². The lowest BCUT2D eigenvalue weighted by Gasteiger charge is -2.44. The molecule has 33 heavy (non-hydrogen) atoms. The Hall–Kier alpha value is -2.38. The molecule has 2 aromatic rings. The average Bonchev–Trinajstić information content (AvgIpc) is 2.90. The van der Waals surface area contributed by atoms with Crippen molar-refractivity contribution in [2.24, 2.45) is 0 Å². The first-order valence-corrected chi connectivity index (χ1v) is 14.1. The second-order valence-corrected chi connectivity index (χ2v) is 14.5. The number of rotatable bonds is 4. The van der Waals surface area contributed by atoms with Gasteiger partial charge in [0.2, 0.25) is 0 Å². The molecule has 0 aliphatic heterocycles. The molecular formula is C32H40Si. The Bertz CT molecular complexity index is 1190. The van der Waals surface area contributed by atoms with Crippen LogP contribution in [0.5, 0.6) is 0 Å². The first kappa shape index (κ1) is 23.8. The molecule has 2 aliphatic carbocycles. The Morgan fingerprint density at radius 3 is 1.91 bits per heavy atom. The van der Waals surface area contributed by atoms with Crippen molar-refractivity contribution in [3.8, 4) is 0 Å². The molecule has 172 valence electrons. The minimum Gasteiger partial charge on any atom is -0.0840 e. The summed E-state index contributed by atoms with van der Waals surface area (Å²) in [5.41, 5.74) is 11.6. The third-order valence-corrected chi connectivity index (χ3v) is 12.9. The van der Waals surface area contributed by atoms with Crippen molar-refractivity contribution in [3.63, 3.8) is 0 Å². The molecule has 0 bridgehead atoms. The summed E-state index contributed by atoms with van der Waals surface area (Å²) < 4.78 is 0. The summed E-state index contributed by atoms with van der Waals surface area (Å²) in [6.45, 7) is 21.3. The summed E-state index contributed by atoms with van der Waals surface area (Å²) in [5, 5.41) is 3.47. The van der Waals surface area contributed by atoms with E-state index in [9.17, 15) is 0 Å². The van der Waals surface area contributed by atoms with Crippen LogP contribution in [0.4, 0.5) is 0 Å². The number of aryl methyl sites for hydroxylation is 4. The van der Waals surface area contributed by atoms with E-state index in [2.05, 4.69) is 123 Å². The van der Waals surface area contributed by atoms with Crippen molar-refractivity contribution in [2.75, 3.05) is 0 Å². The monoisotopic (exact) mass is 452 g/mol. The molecule has 0 fully saturated rings. The number of hydrogen-bond donors (Lipinski definition) is 0. The molecule has 2 aliphatic rings. The highest BCUT2D eigenvalue weighted by atomic mass is 28.3. The van der Waals surface area contributed by atoms with E-state index < -0.39 is 8.80 Å². The summed E-state index contributed by atoms with van der Waals surface area (Å²) in [6.07, 6.45) is 10.5. The Kier molecular flexibility index (Phi) is 6.08. The van der Waals surface area contributed by atoms with E-state index in [1.165, 1.54) is 44.5 Å². The van der Waals surface area contributed by atoms with Gasteiger partial charge in [0.15, 0.2) is 0 Å². The molecule has 0 saturated heterocycles. The minimum atomic E-state index is -1.67. The lowest BCUT2D eigenvalue weighted by Crippen LogP contribution is -2.49. The van der Waals surface area contributed by atoms with Crippen LogP contribution in [0.15, 0.2) is 82.6 Å². The Morgan fingerprint density at radius 1 is 0.758 bits per heavy atom. The summed E-state index contributed by atoms with van der Waals surface area (Å²) in [7, 11) is -1.67. The fraction of sp³-hybridized carbons (Fsp3) is 0.375. The fourth-order valence-electron chi connectivity index (χ4n) is 6.88. The molecule has 2 aromatic carbocycles. The zero-order valence-corrected chi connectivity index (χ0v) is 23.2. The van der Waals surface area contributed by atoms with E-state index in [4.69, 9.17) is 0 Å². The van der Waals surface area contributed by atoms with E-state index in [1.54, 1.807) is 10.4 Å². The topological polar surface area (TPSA) is 0 Å². The van der Waals surface area contributed by atoms with E-state index in [0.717, 1.165) is 6.42 Å². The van der Waals surface area contributed by atoms with Crippen LogP contribution in [0.1, 0.15) is 68.9 Å². The van der Waals surface area contributed by atoms with Gasteiger partial charge in [-0.05, 0) is 89.1 Å². The van der Waals surface area contributed by atoms with Crippen LogP contribution in [0.3, 0.4) is 0 Å². The molecule has 0 heterocycles. The molecular weight excluding hydrogens is 412 g/mol. The molecule has 0 aromatic heterocycles. The largest absolute Gasteiger partial charge is 0.109 e. The molecule has 0 nitrogen and oxygen atoms in total. The van der Waals surface area contributed by atoms with E-state index in [1.807, 2.05) is 0 Å². The highest BCUT2D eigenvalue weighted by Gasteiger charge is 2.50. The first-order chi connectivity index (χ1) is 15.5. The predicted molar refractivity (Wildman–Crippen MR) is 148 cm³/mol. The van der Waals surface area contributed by atoms with Crippen LogP contribution in [0, 0.1) is 27.7 Å². The molecule has 3 atom stereocenters. The zero-order valence-electron chi connectivity index (χ0n) is 22.1. The van der Waals surface area contributed by atoms with Crippen LogP contribution in [0.2, 0.25) is 5.04 Å². The average molecular weight is 453 g/mol. The van der Waals surface area contributed by atoms with Crippen molar-refractivity contribution in [2.45, 2.75) is 79.2 Å². The highest BCUT2D eigenvalue weighted by molar-refractivity contribution is 6.83. The van der Waals surface area contributed by atoms with Gasteiger partial charge in [0.1, 0.15) is 8.80 Å². The summed E-state index contributed by atoms with van der Waals surface area (Å²) >= 11 is 0. The normalized spacial score (nSPS) is 25.8. The number of allylic oxidation sites excluding steroid dienone is 8. The summed E-state index contributed by atoms with van der Waals surface area (Å²) in [4.78, 5) is 0. The third kappa shape index (κ3) is 3.75. The van der Waals surface area contributed by atoms with Gasteiger partial charge in [0.05, 0.1) is 0 Å². The van der Waals surface area contributed by atoms with Crippen LogP contribution >= 0.6 is 0 Å². The van der Waals surface area contributed by atoms with Gasteiger partial charge in [-0.1, -0.05) is 100 Å². The molecule has 0 amide bonds. The van der Waals surface area contributed by atoms with Crippen molar-refractivity contribution >= 4 is 14.0 Å². The van der Waals surface area contributed by atoms with Gasteiger partial charge < -0.3 is 0 Å². The maximum absolute atomic E-state index is 2.53. The molecule has 0 radical (unpaired) electrons. The molecule has 0 saturated carbocycles.